The minimum absolute atomic E-state index is 0.0924. The topological polar surface area (TPSA) is 93.7 Å². The molecule has 0 radical (unpaired) electrons. The molecule has 3 aromatic carbocycles. The van der Waals surface area contributed by atoms with Crippen molar-refractivity contribution in [1.29, 1.82) is 0 Å². The van der Waals surface area contributed by atoms with Crippen LogP contribution < -0.4 is 19.5 Å². The highest BCUT2D eigenvalue weighted by molar-refractivity contribution is 7.92. The molecule has 1 heterocycles. The molecule has 1 atom stereocenters. The molecule has 0 spiro atoms. The van der Waals surface area contributed by atoms with Crippen LogP contribution in [0.25, 0.3) is 0 Å². The molecule has 1 aliphatic heterocycles. The lowest BCUT2D eigenvalue weighted by atomic mass is 10.1. The van der Waals surface area contributed by atoms with Gasteiger partial charge >= 0.3 is 0 Å². The molecule has 0 aromatic heterocycles. The number of carbonyl (C=O) groups is 1. The van der Waals surface area contributed by atoms with E-state index in [0.717, 1.165) is 11.1 Å². The van der Waals surface area contributed by atoms with Gasteiger partial charge in [0.25, 0.3) is 15.9 Å². The molecular formula is C23H22N2O5S. The summed E-state index contributed by atoms with van der Waals surface area (Å²) in [7, 11) is -3.76. The number of rotatable bonds is 5. The monoisotopic (exact) mass is 438 g/mol. The van der Waals surface area contributed by atoms with E-state index < -0.39 is 16.1 Å². The van der Waals surface area contributed by atoms with Crippen molar-refractivity contribution in [2.75, 3.05) is 16.6 Å². The third-order valence-electron chi connectivity index (χ3n) is 4.86. The van der Waals surface area contributed by atoms with Crippen LogP contribution in [0.2, 0.25) is 0 Å². The Morgan fingerprint density at radius 3 is 2.39 bits per heavy atom. The fourth-order valence-electron chi connectivity index (χ4n) is 3.22. The molecular weight excluding hydrogens is 416 g/mol. The number of benzene rings is 3. The maximum atomic E-state index is 12.7. The number of hydrogen-bond acceptors (Lipinski definition) is 5. The van der Waals surface area contributed by atoms with Gasteiger partial charge in [0.2, 0.25) is 6.10 Å². The zero-order chi connectivity index (χ0) is 22.0. The average Bonchev–Trinajstić information content (AvgIpc) is 2.75. The van der Waals surface area contributed by atoms with Gasteiger partial charge in [-0.25, -0.2) is 8.42 Å². The summed E-state index contributed by atoms with van der Waals surface area (Å²) in [4.78, 5) is 12.6. The van der Waals surface area contributed by atoms with Gasteiger partial charge in [-0.3, -0.25) is 9.52 Å². The largest absolute Gasteiger partial charge is 0.485 e. The van der Waals surface area contributed by atoms with Gasteiger partial charge in [0.1, 0.15) is 6.61 Å². The highest BCUT2D eigenvalue weighted by atomic mass is 32.2. The van der Waals surface area contributed by atoms with E-state index in [4.69, 9.17) is 9.47 Å². The second kappa shape index (κ2) is 8.31. The zero-order valence-corrected chi connectivity index (χ0v) is 17.9. The van der Waals surface area contributed by atoms with Gasteiger partial charge < -0.3 is 14.8 Å². The van der Waals surface area contributed by atoms with E-state index in [9.17, 15) is 13.2 Å². The Morgan fingerprint density at radius 2 is 1.68 bits per heavy atom. The maximum Gasteiger partial charge on any atom is 0.269 e. The molecule has 0 aliphatic carbocycles. The molecule has 4 rings (SSSR count). The van der Waals surface area contributed by atoms with Crippen molar-refractivity contribution in [1.82, 2.24) is 0 Å². The van der Waals surface area contributed by atoms with Crippen LogP contribution in [-0.4, -0.2) is 27.0 Å². The minimum atomic E-state index is -3.76. The first-order valence-corrected chi connectivity index (χ1v) is 11.2. The number of anilines is 2. The van der Waals surface area contributed by atoms with Crippen molar-refractivity contribution in [2.45, 2.75) is 24.8 Å². The molecule has 1 aliphatic rings. The second-order valence-electron chi connectivity index (χ2n) is 7.30. The smallest absolute Gasteiger partial charge is 0.269 e. The number of fused-ring (bicyclic) bond motifs is 1. The van der Waals surface area contributed by atoms with Crippen LogP contribution >= 0.6 is 0 Å². The van der Waals surface area contributed by atoms with Crippen molar-refractivity contribution >= 4 is 27.3 Å². The Bertz CT molecular complexity index is 1220. The normalized spacial score (nSPS) is 15.2. The van der Waals surface area contributed by atoms with Gasteiger partial charge in [0.05, 0.1) is 10.6 Å². The number of nitrogens with one attached hydrogen (secondary N) is 2. The summed E-state index contributed by atoms with van der Waals surface area (Å²) >= 11 is 0. The summed E-state index contributed by atoms with van der Waals surface area (Å²) in [5.41, 5.74) is 2.87. The third kappa shape index (κ3) is 4.64. The van der Waals surface area contributed by atoms with Crippen molar-refractivity contribution < 1.29 is 22.7 Å². The van der Waals surface area contributed by atoms with E-state index in [-0.39, 0.29) is 17.4 Å². The second-order valence-corrected chi connectivity index (χ2v) is 8.98. The van der Waals surface area contributed by atoms with E-state index >= 15 is 0 Å². The van der Waals surface area contributed by atoms with Gasteiger partial charge in [0, 0.05) is 5.69 Å². The van der Waals surface area contributed by atoms with Gasteiger partial charge in [-0.15, -0.1) is 0 Å². The fraction of sp³-hybridized carbons (Fsp3) is 0.174. The number of para-hydroxylation sites is 2. The van der Waals surface area contributed by atoms with E-state index in [1.54, 1.807) is 24.3 Å². The van der Waals surface area contributed by atoms with Gasteiger partial charge in [-0.05, 0) is 61.9 Å². The Labute approximate surface area is 181 Å². The Kier molecular flexibility index (Phi) is 5.56. The van der Waals surface area contributed by atoms with Gasteiger partial charge in [-0.2, -0.15) is 0 Å². The number of amides is 1. The molecule has 31 heavy (non-hydrogen) atoms. The lowest BCUT2D eigenvalue weighted by Gasteiger charge is -2.25. The molecule has 0 fully saturated rings. The van der Waals surface area contributed by atoms with E-state index in [2.05, 4.69) is 10.0 Å². The quantitative estimate of drug-likeness (QED) is 0.631. The van der Waals surface area contributed by atoms with Gasteiger partial charge in [0.15, 0.2) is 11.5 Å². The van der Waals surface area contributed by atoms with E-state index in [1.807, 2.05) is 32.0 Å². The molecule has 3 aromatic rings. The first-order valence-electron chi connectivity index (χ1n) is 9.71. The van der Waals surface area contributed by atoms with Crippen molar-refractivity contribution in [3.8, 4) is 11.5 Å². The first-order chi connectivity index (χ1) is 14.8. The average molecular weight is 439 g/mol. The van der Waals surface area contributed by atoms with Crippen molar-refractivity contribution in [2.24, 2.45) is 0 Å². The molecule has 7 nitrogen and oxygen atoms in total. The summed E-state index contributed by atoms with van der Waals surface area (Å²) in [6.45, 7) is 3.88. The molecule has 1 amide bonds. The van der Waals surface area contributed by atoms with Crippen molar-refractivity contribution in [3.05, 3.63) is 77.9 Å². The summed E-state index contributed by atoms with van der Waals surface area (Å²) in [6, 6.07) is 18.6. The van der Waals surface area contributed by atoms with Crippen LogP contribution in [0.15, 0.2) is 71.6 Å². The van der Waals surface area contributed by atoms with Crippen LogP contribution in [0.5, 0.6) is 11.5 Å². The van der Waals surface area contributed by atoms with Crippen LogP contribution in [0, 0.1) is 13.8 Å². The maximum absolute atomic E-state index is 12.7. The lowest BCUT2D eigenvalue weighted by molar-refractivity contribution is -0.125. The number of sulfonamides is 1. The number of carbonyl (C=O) groups excluding carboxylic acids is 1. The summed E-state index contributed by atoms with van der Waals surface area (Å²) in [6.07, 6.45) is -0.801. The van der Waals surface area contributed by atoms with E-state index in [0.29, 0.717) is 22.9 Å². The summed E-state index contributed by atoms with van der Waals surface area (Å²) in [5, 5.41) is 2.73. The predicted molar refractivity (Wildman–Crippen MR) is 118 cm³/mol. The molecule has 8 heteroatoms. The number of hydrogen-bond donors (Lipinski definition) is 2. The van der Waals surface area contributed by atoms with Gasteiger partial charge in [-0.1, -0.05) is 29.8 Å². The molecule has 0 unspecified atom stereocenters. The third-order valence-corrected chi connectivity index (χ3v) is 6.24. The summed E-state index contributed by atoms with van der Waals surface area (Å²) < 4.78 is 39.2. The molecule has 0 bridgehead atoms. The molecule has 0 saturated carbocycles. The van der Waals surface area contributed by atoms with Crippen LogP contribution in [0.4, 0.5) is 11.4 Å². The van der Waals surface area contributed by atoms with Crippen LogP contribution in [0.3, 0.4) is 0 Å². The standard InChI is InChI=1S/C23H22N2O5S/c1-15-7-12-19(16(2)13-15)25-31(27,28)18-10-8-17(9-11-18)24-23(26)22-14-29-20-5-3-4-6-21(20)30-22/h3-13,22,25H,14H2,1-2H3,(H,24,26)/t22-/m0/s1. The van der Waals surface area contributed by atoms with Crippen LogP contribution in [0.1, 0.15) is 11.1 Å². The Balaban J connectivity index is 1.42. The number of ether oxygens (including phenoxy) is 2. The molecule has 2 N–H and O–H groups in total. The van der Waals surface area contributed by atoms with E-state index in [1.165, 1.54) is 24.3 Å². The SMILES string of the molecule is Cc1ccc(NS(=O)(=O)c2ccc(NC(=O)[C@@H]3COc4ccccc4O3)cc2)c(C)c1. The number of aryl methyl sites for hydroxylation is 2. The molecule has 160 valence electrons. The highest BCUT2D eigenvalue weighted by Gasteiger charge is 2.27. The van der Waals surface area contributed by atoms with Crippen molar-refractivity contribution in [3.63, 3.8) is 0 Å². The van der Waals surface area contributed by atoms with Crippen LogP contribution in [-0.2, 0) is 14.8 Å². The minimum Gasteiger partial charge on any atom is -0.485 e. The zero-order valence-electron chi connectivity index (χ0n) is 17.1. The summed E-state index contributed by atoms with van der Waals surface area (Å²) in [5.74, 6) is 0.726. The Morgan fingerprint density at radius 1 is 0.968 bits per heavy atom. The lowest BCUT2D eigenvalue weighted by Crippen LogP contribution is -2.40. The first kappa shape index (κ1) is 20.7. The fourth-order valence-corrected chi connectivity index (χ4v) is 4.35. The predicted octanol–water partition coefficient (Wildman–Crippen LogP) is 3.88. The molecule has 0 saturated heterocycles. The Hall–Kier alpha value is -3.52. The highest BCUT2D eigenvalue weighted by Crippen LogP contribution is 2.31.